The smallest absolute Gasteiger partial charge is 0.0450 e. The maximum atomic E-state index is 3.87. The standard InChI is InChI=1S/C19H28N2/c1-2-9-17(10-3-1)18-14-21(13-16-7-6-8-16)19(15-20-18)11-4-5-12-19/h1-3,9-10,16,18,20H,4-8,11-15H2. The number of hydrogen-bond donors (Lipinski definition) is 1. The summed E-state index contributed by atoms with van der Waals surface area (Å²) in [5.41, 5.74) is 1.95. The normalized spacial score (nSPS) is 29.6. The van der Waals surface area contributed by atoms with E-state index in [-0.39, 0.29) is 0 Å². The van der Waals surface area contributed by atoms with Gasteiger partial charge < -0.3 is 5.32 Å². The summed E-state index contributed by atoms with van der Waals surface area (Å²) in [6.07, 6.45) is 10.1. The van der Waals surface area contributed by atoms with Crippen molar-refractivity contribution in [2.45, 2.75) is 56.5 Å². The van der Waals surface area contributed by atoms with E-state index in [0.717, 1.165) is 5.92 Å². The molecule has 3 fully saturated rings. The van der Waals surface area contributed by atoms with Crippen LogP contribution in [0.5, 0.6) is 0 Å². The highest BCUT2D eigenvalue weighted by Crippen LogP contribution is 2.41. The third kappa shape index (κ3) is 2.64. The van der Waals surface area contributed by atoms with Crippen LogP contribution in [0.2, 0.25) is 0 Å². The van der Waals surface area contributed by atoms with Crippen molar-refractivity contribution in [3.8, 4) is 0 Å². The molecule has 0 radical (unpaired) electrons. The van der Waals surface area contributed by atoms with Gasteiger partial charge in [-0.25, -0.2) is 0 Å². The Morgan fingerprint density at radius 1 is 1.05 bits per heavy atom. The fourth-order valence-corrected chi connectivity index (χ4v) is 4.59. The second-order valence-electron chi connectivity index (χ2n) is 7.48. The Labute approximate surface area is 128 Å². The first-order valence-electron chi connectivity index (χ1n) is 8.89. The van der Waals surface area contributed by atoms with Crippen LogP contribution in [0.25, 0.3) is 0 Å². The monoisotopic (exact) mass is 284 g/mol. The highest BCUT2D eigenvalue weighted by Gasteiger charge is 2.44. The minimum absolute atomic E-state index is 0.487. The summed E-state index contributed by atoms with van der Waals surface area (Å²) in [6.45, 7) is 3.75. The number of benzene rings is 1. The van der Waals surface area contributed by atoms with Crippen molar-refractivity contribution in [1.29, 1.82) is 0 Å². The van der Waals surface area contributed by atoms with Gasteiger partial charge in [0.1, 0.15) is 0 Å². The molecule has 3 aliphatic rings. The van der Waals surface area contributed by atoms with Crippen molar-refractivity contribution < 1.29 is 0 Å². The highest BCUT2D eigenvalue weighted by molar-refractivity contribution is 5.21. The number of rotatable bonds is 3. The Bertz CT molecular complexity index is 460. The minimum atomic E-state index is 0.487. The van der Waals surface area contributed by atoms with E-state index in [0.29, 0.717) is 11.6 Å². The van der Waals surface area contributed by atoms with Gasteiger partial charge in [0.2, 0.25) is 0 Å². The lowest BCUT2D eigenvalue weighted by molar-refractivity contribution is 0.0173. The van der Waals surface area contributed by atoms with E-state index in [4.69, 9.17) is 0 Å². The molecule has 2 heteroatoms. The summed E-state index contributed by atoms with van der Waals surface area (Å²) < 4.78 is 0. The van der Waals surface area contributed by atoms with Crippen LogP contribution in [0.15, 0.2) is 30.3 Å². The van der Waals surface area contributed by atoms with E-state index in [1.54, 1.807) is 0 Å². The van der Waals surface area contributed by atoms with Gasteiger partial charge in [-0.05, 0) is 37.2 Å². The Balaban J connectivity index is 1.52. The van der Waals surface area contributed by atoms with Crippen molar-refractivity contribution >= 4 is 0 Å². The summed E-state index contributed by atoms with van der Waals surface area (Å²) in [6, 6.07) is 11.6. The topological polar surface area (TPSA) is 15.3 Å². The number of nitrogens with one attached hydrogen (secondary N) is 1. The van der Waals surface area contributed by atoms with Gasteiger partial charge in [-0.2, -0.15) is 0 Å². The van der Waals surface area contributed by atoms with Gasteiger partial charge in [-0.3, -0.25) is 4.90 Å². The molecule has 2 aliphatic carbocycles. The van der Waals surface area contributed by atoms with Crippen LogP contribution in [0.3, 0.4) is 0 Å². The van der Waals surface area contributed by atoms with Crippen LogP contribution < -0.4 is 5.32 Å². The first kappa shape index (κ1) is 13.8. The van der Waals surface area contributed by atoms with Gasteiger partial charge in [-0.1, -0.05) is 49.6 Å². The first-order valence-corrected chi connectivity index (χ1v) is 8.89. The van der Waals surface area contributed by atoms with E-state index in [1.807, 2.05) is 0 Å². The van der Waals surface area contributed by atoms with Crippen LogP contribution in [-0.4, -0.2) is 30.1 Å². The Morgan fingerprint density at radius 2 is 1.81 bits per heavy atom. The third-order valence-electron chi connectivity index (χ3n) is 6.19. The molecule has 0 aromatic heterocycles. The Kier molecular flexibility index (Phi) is 3.76. The fraction of sp³-hybridized carbons (Fsp3) is 0.684. The molecule has 1 aromatic rings. The zero-order valence-electron chi connectivity index (χ0n) is 13.1. The van der Waals surface area contributed by atoms with Crippen molar-refractivity contribution in [2.75, 3.05) is 19.6 Å². The summed E-state index contributed by atoms with van der Waals surface area (Å²) >= 11 is 0. The summed E-state index contributed by atoms with van der Waals surface area (Å²) in [7, 11) is 0. The molecule has 1 aromatic carbocycles. The van der Waals surface area contributed by atoms with Crippen molar-refractivity contribution in [3.05, 3.63) is 35.9 Å². The van der Waals surface area contributed by atoms with E-state index in [9.17, 15) is 0 Å². The number of hydrogen-bond acceptors (Lipinski definition) is 2. The largest absolute Gasteiger partial charge is 0.307 e. The molecule has 1 N–H and O–H groups in total. The average Bonchev–Trinajstić information content (AvgIpc) is 2.95. The minimum Gasteiger partial charge on any atom is -0.307 e. The number of nitrogens with zero attached hydrogens (tertiary/aromatic N) is 1. The van der Waals surface area contributed by atoms with Crippen molar-refractivity contribution in [3.63, 3.8) is 0 Å². The quantitative estimate of drug-likeness (QED) is 0.909. The second kappa shape index (κ2) is 5.73. The predicted molar refractivity (Wildman–Crippen MR) is 87.3 cm³/mol. The molecule has 1 atom stereocenters. The molecule has 2 saturated carbocycles. The average molecular weight is 284 g/mol. The summed E-state index contributed by atoms with van der Waals surface area (Å²) in [5, 5.41) is 3.87. The van der Waals surface area contributed by atoms with E-state index in [1.165, 1.54) is 70.1 Å². The molecular formula is C19H28N2. The maximum Gasteiger partial charge on any atom is 0.0450 e. The molecule has 114 valence electrons. The van der Waals surface area contributed by atoms with Gasteiger partial charge in [-0.15, -0.1) is 0 Å². The zero-order valence-corrected chi connectivity index (χ0v) is 13.1. The molecule has 21 heavy (non-hydrogen) atoms. The van der Waals surface area contributed by atoms with Gasteiger partial charge in [0, 0.05) is 31.2 Å². The molecule has 1 spiro atoms. The molecule has 1 heterocycles. The van der Waals surface area contributed by atoms with E-state index in [2.05, 4.69) is 40.5 Å². The lowest BCUT2D eigenvalue weighted by Gasteiger charge is -2.50. The van der Waals surface area contributed by atoms with Crippen molar-refractivity contribution in [1.82, 2.24) is 10.2 Å². The highest BCUT2D eigenvalue weighted by atomic mass is 15.3. The third-order valence-corrected chi connectivity index (χ3v) is 6.19. The molecule has 1 saturated heterocycles. The Morgan fingerprint density at radius 3 is 2.48 bits per heavy atom. The van der Waals surface area contributed by atoms with Crippen LogP contribution in [0.4, 0.5) is 0 Å². The lowest BCUT2D eigenvalue weighted by Crippen LogP contribution is -2.61. The molecule has 0 bridgehead atoms. The molecule has 4 rings (SSSR count). The van der Waals surface area contributed by atoms with Gasteiger partial charge in [0.05, 0.1) is 0 Å². The molecule has 0 amide bonds. The second-order valence-corrected chi connectivity index (χ2v) is 7.48. The SMILES string of the molecule is c1ccc(C2CN(CC3CCC3)C3(CCCC3)CN2)cc1. The number of piperazine rings is 1. The van der Waals surface area contributed by atoms with Gasteiger partial charge >= 0.3 is 0 Å². The summed E-state index contributed by atoms with van der Waals surface area (Å²) in [5.74, 6) is 0.983. The molecule has 1 aliphatic heterocycles. The lowest BCUT2D eigenvalue weighted by atomic mass is 9.82. The molecule has 1 unspecified atom stereocenters. The van der Waals surface area contributed by atoms with Crippen molar-refractivity contribution in [2.24, 2.45) is 5.92 Å². The predicted octanol–water partition coefficient (Wildman–Crippen LogP) is 3.75. The van der Waals surface area contributed by atoms with Gasteiger partial charge in [0.25, 0.3) is 0 Å². The van der Waals surface area contributed by atoms with E-state index < -0.39 is 0 Å². The maximum absolute atomic E-state index is 3.87. The fourth-order valence-electron chi connectivity index (χ4n) is 4.59. The van der Waals surface area contributed by atoms with Crippen LogP contribution in [-0.2, 0) is 0 Å². The Hall–Kier alpha value is -0.860. The van der Waals surface area contributed by atoms with Crippen LogP contribution >= 0.6 is 0 Å². The first-order chi connectivity index (χ1) is 10.4. The van der Waals surface area contributed by atoms with Crippen LogP contribution in [0.1, 0.15) is 56.6 Å². The van der Waals surface area contributed by atoms with Crippen LogP contribution in [0, 0.1) is 5.92 Å². The van der Waals surface area contributed by atoms with Gasteiger partial charge in [0.15, 0.2) is 0 Å². The van der Waals surface area contributed by atoms with E-state index >= 15 is 0 Å². The molecular weight excluding hydrogens is 256 g/mol. The summed E-state index contributed by atoms with van der Waals surface area (Å²) in [4.78, 5) is 2.89. The zero-order chi connectivity index (χ0) is 14.1. The molecule has 2 nitrogen and oxygen atoms in total.